The van der Waals surface area contributed by atoms with E-state index in [-0.39, 0.29) is 10.8 Å². The van der Waals surface area contributed by atoms with Crippen molar-refractivity contribution in [2.75, 3.05) is 5.32 Å². The largest absolute Gasteiger partial charge is 0.508 e. The fourth-order valence-corrected chi connectivity index (χ4v) is 2.03. The minimum Gasteiger partial charge on any atom is -0.508 e. The van der Waals surface area contributed by atoms with E-state index in [0.717, 1.165) is 10.0 Å². The lowest BCUT2D eigenvalue weighted by atomic mass is 10.2. The summed E-state index contributed by atoms with van der Waals surface area (Å²) in [6.07, 6.45) is 0. The van der Waals surface area contributed by atoms with Gasteiger partial charge in [0.25, 0.3) is 0 Å². The first-order chi connectivity index (χ1) is 8.56. The van der Waals surface area contributed by atoms with Gasteiger partial charge in [0.05, 0.1) is 5.02 Å². The van der Waals surface area contributed by atoms with E-state index in [1.54, 1.807) is 24.3 Å². The van der Waals surface area contributed by atoms with E-state index in [4.69, 9.17) is 11.6 Å². The molecule has 0 heterocycles. The number of hydrogen-bond donors (Lipinski definition) is 2. The van der Waals surface area contributed by atoms with Crippen LogP contribution in [0.1, 0.15) is 5.56 Å². The Bertz CT molecular complexity index is 577. The number of hydrogen-bond acceptors (Lipinski definition) is 2. The highest BCUT2D eigenvalue weighted by atomic mass is 79.9. The van der Waals surface area contributed by atoms with Crippen LogP contribution in [0.3, 0.4) is 0 Å². The van der Waals surface area contributed by atoms with Crippen LogP contribution in [0.15, 0.2) is 40.9 Å². The van der Waals surface area contributed by atoms with Crippen LogP contribution in [0, 0.1) is 5.82 Å². The monoisotopic (exact) mass is 329 g/mol. The van der Waals surface area contributed by atoms with Crippen molar-refractivity contribution in [3.05, 3.63) is 57.3 Å². The van der Waals surface area contributed by atoms with Crippen LogP contribution in [0.2, 0.25) is 5.02 Å². The van der Waals surface area contributed by atoms with E-state index >= 15 is 0 Å². The minimum absolute atomic E-state index is 0.0888. The molecule has 2 rings (SSSR count). The average molecular weight is 331 g/mol. The lowest BCUT2D eigenvalue weighted by molar-refractivity contribution is 0.469. The maximum Gasteiger partial charge on any atom is 0.143 e. The molecule has 94 valence electrons. The Hall–Kier alpha value is -1.26. The van der Waals surface area contributed by atoms with Gasteiger partial charge < -0.3 is 10.4 Å². The zero-order valence-electron chi connectivity index (χ0n) is 9.25. The normalized spacial score (nSPS) is 10.4. The summed E-state index contributed by atoms with van der Waals surface area (Å²) < 4.78 is 14.1. The van der Waals surface area contributed by atoms with Gasteiger partial charge in [0.15, 0.2) is 0 Å². The van der Waals surface area contributed by atoms with E-state index < -0.39 is 5.82 Å². The number of nitrogens with one attached hydrogen (secondary N) is 1. The molecule has 18 heavy (non-hydrogen) atoms. The Balaban J connectivity index is 2.11. The molecule has 0 aliphatic heterocycles. The van der Waals surface area contributed by atoms with Gasteiger partial charge in [-0.05, 0) is 36.4 Å². The van der Waals surface area contributed by atoms with Crippen molar-refractivity contribution in [2.24, 2.45) is 0 Å². The third-order valence-corrected chi connectivity index (χ3v) is 3.24. The highest BCUT2D eigenvalue weighted by Crippen LogP contribution is 2.24. The molecule has 0 aromatic heterocycles. The second-order valence-electron chi connectivity index (χ2n) is 3.76. The predicted octanol–water partition coefficient (Wildman–Crippen LogP) is 4.56. The van der Waals surface area contributed by atoms with Gasteiger partial charge in [-0.3, -0.25) is 0 Å². The van der Waals surface area contributed by atoms with Crippen molar-refractivity contribution in [2.45, 2.75) is 6.54 Å². The molecule has 2 aromatic rings. The van der Waals surface area contributed by atoms with Crippen molar-refractivity contribution in [3.63, 3.8) is 0 Å². The van der Waals surface area contributed by atoms with Crippen molar-refractivity contribution >= 4 is 33.2 Å². The molecule has 0 aliphatic carbocycles. The molecular formula is C13H10BrClFNO. The lowest BCUT2D eigenvalue weighted by Crippen LogP contribution is -2.00. The summed E-state index contributed by atoms with van der Waals surface area (Å²) in [5.41, 5.74) is 1.33. The molecule has 0 aliphatic rings. The quantitative estimate of drug-likeness (QED) is 0.864. The van der Waals surface area contributed by atoms with Crippen LogP contribution < -0.4 is 5.32 Å². The van der Waals surface area contributed by atoms with E-state index in [1.165, 1.54) is 12.1 Å². The summed E-state index contributed by atoms with van der Waals surface area (Å²) in [5, 5.41) is 12.8. The molecule has 0 atom stereocenters. The van der Waals surface area contributed by atoms with E-state index in [0.29, 0.717) is 12.2 Å². The van der Waals surface area contributed by atoms with Gasteiger partial charge in [0, 0.05) is 22.3 Å². The fourth-order valence-electron chi connectivity index (χ4n) is 1.50. The van der Waals surface area contributed by atoms with E-state index in [2.05, 4.69) is 21.2 Å². The molecule has 2 aromatic carbocycles. The molecule has 0 saturated carbocycles. The summed E-state index contributed by atoms with van der Waals surface area (Å²) in [5.74, 6) is -0.278. The van der Waals surface area contributed by atoms with Crippen molar-refractivity contribution in [1.82, 2.24) is 0 Å². The summed E-state index contributed by atoms with van der Waals surface area (Å²) in [6.45, 7) is 0.395. The Kier molecular flexibility index (Phi) is 4.09. The molecular weight excluding hydrogens is 321 g/mol. The first-order valence-electron chi connectivity index (χ1n) is 5.22. The molecule has 0 fully saturated rings. The lowest BCUT2D eigenvalue weighted by Gasteiger charge is -2.09. The van der Waals surface area contributed by atoms with Gasteiger partial charge >= 0.3 is 0 Å². The first kappa shape index (κ1) is 13.2. The maximum atomic E-state index is 13.2. The summed E-state index contributed by atoms with van der Waals surface area (Å²) in [4.78, 5) is 0. The molecule has 2 nitrogen and oxygen atoms in total. The van der Waals surface area contributed by atoms with Crippen LogP contribution in [-0.4, -0.2) is 5.11 Å². The number of rotatable bonds is 3. The van der Waals surface area contributed by atoms with Crippen LogP contribution >= 0.6 is 27.5 Å². The smallest absolute Gasteiger partial charge is 0.143 e. The minimum atomic E-state index is -0.472. The zero-order chi connectivity index (χ0) is 13.1. The fraction of sp³-hybridized carbons (Fsp3) is 0.0769. The zero-order valence-corrected chi connectivity index (χ0v) is 11.6. The third kappa shape index (κ3) is 3.15. The van der Waals surface area contributed by atoms with E-state index in [1.807, 2.05) is 0 Å². The maximum absolute atomic E-state index is 13.2. The molecule has 0 saturated heterocycles. The molecule has 0 spiro atoms. The van der Waals surface area contributed by atoms with Crippen molar-refractivity contribution in [1.29, 1.82) is 0 Å². The van der Waals surface area contributed by atoms with Gasteiger partial charge in [0.2, 0.25) is 0 Å². The molecule has 0 unspecified atom stereocenters. The van der Waals surface area contributed by atoms with E-state index in [9.17, 15) is 9.50 Å². The molecule has 5 heteroatoms. The Morgan fingerprint density at radius 3 is 2.72 bits per heavy atom. The number of halogens is 3. The van der Waals surface area contributed by atoms with Gasteiger partial charge in [-0.2, -0.15) is 0 Å². The Morgan fingerprint density at radius 1 is 1.22 bits per heavy atom. The molecule has 0 bridgehead atoms. The van der Waals surface area contributed by atoms with Gasteiger partial charge in [-0.15, -0.1) is 0 Å². The number of benzene rings is 2. The first-order valence-corrected chi connectivity index (χ1v) is 6.39. The second-order valence-corrected chi connectivity index (χ2v) is 5.08. The Morgan fingerprint density at radius 2 is 2.00 bits per heavy atom. The van der Waals surface area contributed by atoms with Gasteiger partial charge in [-0.1, -0.05) is 27.5 Å². The van der Waals surface area contributed by atoms with Crippen molar-refractivity contribution in [3.8, 4) is 5.75 Å². The SMILES string of the molecule is Oc1ccc(Br)cc1CNc1ccc(Cl)c(F)c1. The standard InChI is InChI=1S/C13H10BrClFNO/c14-9-1-4-13(18)8(5-9)7-17-10-2-3-11(15)12(16)6-10/h1-6,17-18H,7H2. The van der Waals surface area contributed by atoms with Gasteiger partial charge in [0.1, 0.15) is 11.6 Å². The Labute approximate surface area is 118 Å². The number of aromatic hydroxyl groups is 1. The number of phenols is 1. The predicted molar refractivity (Wildman–Crippen MR) is 74.5 cm³/mol. The molecule has 2 N–H and O–H groups in total. The number of phenolic OH excluding ortho intramolecular Hbond substituents is 1. The van der Waals surface area contributed by atoms with Crippen LogP contribution in [-0.2, 0) is 6.54 Å². The summed E-state index contributed by atoms with van der Waals surface area (Å²) in [6, 6.07) is 9.64. The number of anilines is 1. The highest BCUT2D eigenvalue weighted by Gasteiger charge is 2.04. The topological polar surface area (TPSA) is 32.3 Å². The summed E-state index contributed by atoms with van der Waals surface area (Å²) in [7, 11) is 0. The van der Waals surface area contributed by atoms with Crippen LogP contribution in [0.25, 0.3) is 0 Å². The average Bonchev–Trinajstić information content (AvgIpc) is 2.34. The van der Waals surface area contributed by atoms with Gasteiger partial charge in [-0.25, -0.2) is 4.39 Å². The molecule has 0 amide bonds. The summed E-state index contributed by atoms with van der Waals surface area (Å²) >= 11 is 8.92. The van der Waals surface area contributed by atoms with Crippen LogP contribution in [0.5, 0.6) is 5.75 Å². The third-order valence-electron chi connectivity index (χ3n) is 2.44. The van der Waals surface area contributed by atoms with Crippen LogP contribution in [0.4, 0.5) is 10.1 Å². The van der Waals surface area contributed by atoms with Crippen molar-refractivity contribution < 1.29 is 9.50 Å². The second kappa shape index (κ2) is 5.59. The molecule has 0 radical (unpaired) electrons. The highest BCUT2D eigenvalue weighted by molar-refractivity contribution is 9.10.